The van der Waals surface area contributed by atoms with E-state index < -0.39 is 0 Å². The molecule has 0 aliphatic rings. The molecule has 0 amide bonds. The number of halogens is 2. The van der Waals surface area contributed by atoms with Crippen molar-refractivity contribution in [1.29, 1.82) is 0 Å². The monoisotopic (exact) mass is 449 g/mol. The summed E-state index contributed by atoms with van der Waals surface area (Å²) in [4.78, 5) is 21.2. The number of carbonyl (C=O) groups is 1. The van der Waals surface area contributed by atoms with Crippen LogP contribution in [0, 0.1) is 0 Å². The second-order valence-electron chi connectivity index (χ2n) is 6.80. The van der Waals surface area contributed by atoms with Gasteiger partial charge in [0.1, 0.15) is 17.5 Å². The molecular weight excluding hydrogens is 429 g/mol. The average molecular weight is 450 g/mol. The van der Waals surface area contributed by atoms with Gasteiger partial charge in [-0.25, -0.2) is 4.98 Å². The van der Waals surface area contributed by atoms with E-state index in [0.717, 1.165) is 21.2 Å². The highest BCUT2D eigenvalue weighted by Crippen LogP contribution is 2.37. The van der Waals surface area contributed by atoms with Gasteiger partial charge in [-0.1, -0.05) is 48.8 Å². The summed E-state index contributed by atoms with van der Waals surface area (Å²) in [6, 6.07) is 9.34. The van der Waals surface area contributed by atoms with E-state index in [1.165, 1.54) is 18.7 Å². The van der Waals surface area contributed by atoms with Gasteiger partial charge in [-0.2, -0.15) is 0 Å². The topological polar surface area (TPSA) is 57.0 Å². The van der Waals surface area contributed by atoms with Crippen LogP contribution in [0.5, 0.6) is 0 Å². The number of hydrogen-bond acceptors (Lipinski definition) is 5. The summed E-state index contributed by atoms with van der Waals surface area (Å²) in [5.41, 5.74) is 2.15. The van der Waals surface area contributed by atoms with Crippen LogP contribution in [0.2, 0.25) is 10.0 Å². The van der Waals surface area contributed by atoms with E-state index in [1.54, 1.807) is 18.5 Å². The van der Waals surface area contributed by atoms with Gasteiger partial charge in [0.15, 0.2) is 0 Å². The molecule has 0 unspecified atom stereocenters. The highest BCUT2D eigenvalue weighted by atomic mass is 35.5. The van der Waals surface area contributed by atoms with Gasteiger partial charge in [-0.3, -0.25) is 9.78 Å². The molecule has 0 aliphatic heterocycles. The Balaban J connectivity index is 2.04. The molecule has 0 atom stereocenters. The van der Waals surface area contributed by atoms with Crippen molar-refractivity contribution in [2.45, 2.75) is 49.8 Å². The van der Waals surface area contributed by atoms with Crippen molar-refractivity contribution in [3.05, 3.63) is 69.9 Å². The normalized spacial score (nSPS) is 11.1. The number of benzene rings is 1. The molecule has 8 heteroatoms. The zero-order chi connectivity index (χ0) is 21.0. The molecule has 152 valence electrons. The molecule has 0 bridgehead atoms. The van der Waals surface area contributed by atoms with Crippen LogP contribution < -0.4 is 0 Å². The smallest absolute Gasteiger partial charge is 0.303 e. The SMILES string of the molecule is CC(=O)OCc1nc(Sc2cc(Cl)cc(Cl)c2)c(C(C)C)n1Cc1ccncc1. The molecule has 0 spiro atoms. The van der Waals surface area contributed by atoms with Gasteiger partial charge in [0, 0.05) is 40.8 Å². The summed E-state index contributed by atoms with van der Waals surface area (Å²) in [6.45, 7) is 6.34. The van der Waals surface area contributed by atoms with Crippen LogP contribution in [-0.2, 0) is 22.7 Å². The van der Waals surface area contributed by atoms with Crippen LogP contribution in [0.4, 0.5) is 0 Å². The van der Waals surface area contributed by atoms with Crippen LogP contribution in [0.1, 0.15) is 43.8 Å². The molecule has 0 saturated carbocycles. The summed E-state index contributed by atoms with van der Waals surface area (Å²) >= 11 is 13.8. The van der Waals surface area contributed by atoms with Crippen LogP contribution >= 0.6 is 35.0 Å². The number of imidazole rings is 1. The first kappa shape index (κ1) is 21.7. The first-order valence-electron chi connectivity index (χ1n) is 9.09. The molecule has 5 nitrogen and oxygen atoms in total. The summed E-state index contributed by atoms with van der Waals surface area (Å²) in [6.07, 6.45) is 3.52. The van der Waals surface area contributed by atoms with Crippen molar-refractivity contribution in [3.8, 4) is 0 Å². The van der Waals surface area contributed by atoms with Crippen molar-refractivity contribution < 1.29 is 9.53 Å². The Labute approximate surface area is 184 Å². The van der Waals surface area contributed by atoms with Crippen molar-refractivity contribution in [2.24, 2.45) is 0 Å². The highest BCUT2D eigenvalue weighted by molar-refractivity contribution is 7.99. The molecule has 0 aliphatic carbocycles. The highest BCUT2D eigenvalue weighted by Gasteiger charge is 2.22. The lowest BCUT2D eigenvalue weighted by Gasteiger charge is -2.15. The number of ether oxygens (including phenoxy) is 1. The Hall–Kier alpha value is -2.02. The number of rotatable bonds is 7. The lowest BCUT2D eigenvalue weighted by molar-refractivity contribution is -0.142. The Morgan fingerprint density at radius 2 is 1.83 bits per heavy atom. The van der Waals surface area contributed by atoms with E-state index in [0.29, 0.717) is 22.4 Å². The molecule has 3 rings (SSSR count). The molecule has 0 N–H and O–H groups in total. The van der Waals surface area contributed by atoms with E-state index in [4.69, 9.17) is 32.9 Å². The molecule has 2 aromatic heterocycles. The maximum atomic E-state index is 11.4. The predicted molar refractivity (Wildman–Crippen MR) is 116 cm³/mol. The minimum atomic E-state index is -0.342. The first-order chi connectivity index (χ1) is 13.8. The maximum absolute atomic E-state index is 11.4. The number of nitrogens with zero attached hydrogens (tertiary/aromatic N) is 3. The van der Waals surface area contributed by atoms with Gasteiger partial charge in [-0.15, -0.1) is 0 Å². The summed E-state index contributed by atoms with van der Waals surface area (Å²) < 4.78 is 7.37. The Bertz CT molecular complexity index is 986. The van der Waals surface area contributed by atoms with E-state index in [2.05, 4.69) is 23.4 Å². The van der Waals surface area contributed by atoms with Gasteiger partial charge >= 0.3 is 5.97 Å². The lowest BCUT2D eigenvalue weighted by Crippen LogP contribution is -2.12. The van der Waals surface area contributed by atoms with Crippen LogP contribution in [0.25, 0.3) is 0 Å². The van der Waals surface area contributed by atoms with E-state index in [-0.39, 0.29) is 18.5 Å². The molecule has 1 aromatic carbocycles. The standard InChI is InChI=1S/C21H21Cl2N3O2S/c1-13(2)20-21(29-18-9-16(22)8-17(23)10-18)25-19(12-28-14(3)27)26(20)11-15-4-6-24-7-5-15/h4-10,13H,11-12H2,1-3H3. The molecule has 3 aromatic rings. The Morgan fingerprint density at radius 3 is 2.41 bits per heavy atom. The minimum absolute atomic E-state index is 0.108. The second-order valence-corrected chi connectivity index (χ2v) is 8.74. The molecule has 0 saturated heterocycles. The van der Waals surface area contributed by atoms with E-state index >= 15 is 0 Å². The first-order valence-corrected chi connectivity index (χ1v) is 10.7. The van der Waals surface area contributed by atoms with Crippen LogP contribution in [0.3, 0.4) is 0 Å². The lowest BCUT2D eigenvalue weighted by atomic mass is 10.1. The minimum Gasteiger partial charge on any atom is -0.458 e. The molecule has 29 heavy (non-hydrogen) atoms. The van der Waals surface area contributed by atoms with Gasteiger partial charge in [-0.05, 0) is 41.8 Å². The fourth-order valence-corrected chi connectivity index (χ4v) is 4.80. The van der Waals surface area contributed by atoms with Crippen molar-refractivity contribution >= 4 is 40.9 Å². The number of carbonyl (C=O) groups excluding carboxylic acids is 1. The number of esters is 1. The largest absolute Gasteiger partial charge is 0.458 e. The fourth-order valence-electron chi connectivity index (χ4n) is 2.95. The van der Waals surface area contributed by atoms with Crippen molar-refractivity contribution in [3.63, 3.8) is 0 Å². The van der Waals surface area contributed by atoms with Crippen molar-refractivity contribution in [1.82, 2.24) is 14.5 Å². The Morgan fingerprint density at radius 1 is 1.17 bits per heavy atom. The van der Waals surface area contributed by atoms with Gasteiger partial charge < -0.3 is 9.30 Å². The van der Waals surface area contributed by atoms with E-state index in [9.17, 15) is 4.79 Å². The third kappa shape index (κ3) is 5.75. The number of aromatic nitrogens is 3. The Kier molecular flexibility index (Phi) is 7.22. The zero-order valence-corrected chi connectivity index (χ0v) is 18.7. The summed E-state index contributed by atoms with van der Waals surface area (Å²) in [5, 5.41) is 1.99. The van der Waals surface area contributed by atoms with Crippen molar-refractivity contribution in [2.75, 3.05) is 0 Å². The third-order valence-electron chi connectivity index (χ3n) is 4.14. The van der Waals surface area contributed by atoms with Gasteiger partial charge in [0.05, 0.1) is 5.69 Å². The quantitative estimate of drug-likeness (QED) is 0.415. The zero-order valence-electron chi connectivity index (χ0n) is 16.4. The predicted octanol–water partition coefficient (Wildman–Crippen LogP) is 5.97. The third-order valence-corrected chi connectivity index (χ3v) is 5.55. The van der Waals surface area contributed by atoms with E-state index in [1.807, 2.05) is 24.3 Å². The fraction of sp³-hybridized carbons (Fsp3) is 0.286. The van der Waals surface area contributed by atoms with Gasteiger partial charge in [0.25, 0.3) is 0 Å². The van der Waals surface area contributed by atoms with Gasteiger partial charge in [0.2, 0.25) is 0 Å². The average Bonchev–Trinajstić information content (AvgIpc) is 2.97. The summed E-state index contributed by atoms with van der Waals surface area (Å²) in [5.74, 6) is 0.550. The molecule has 2 heterocycles. The number of hydrogen-bond donors (Lipinski definition) is 0. The molecule has 0 fully saturated rings. The molecular formula is C21H21Cl2N3O2S. The summed E-state index contributed by atoms with van der Waals surface area (Å²) in [7, 11) is 0. The number of pyridine rings is 1. The maximum Gasteiger partial charge on any atom is 0.303 e. The second kappa shape index (κ2) is 9.65. The van der Waals surface area contributed by atoms with Crippen LogP contribution in [0.15, 0.2) is 52.6 Å². The molecule has 0 radical (unpaired) electrons. The van der Waals surface area contributed by atoms with Crippen LogP contribution in [-0.4, -0.2) is 20.5 Å².